The molecule has 2 aromatic heterocycles. The second-order valence-electron chi connectivity index (χ2n) is 9.03. The number of aryl methyl sites for hydroxylation is 1. The van der Waals surface area contributed by atoms with Crippen molar-refractivity contribution >= 4 is 28.4 Å². The van der Waals surface area contributed by atoms with E-state index in [-0.39, 0.29) is 11.9 Å². The molecule has 2 aliphatic rings. The molecule has 0 radical (unpaired) electrons. The van der Waals surface area contributed by atoms with Crippen molar-refractivity contribution in [2.75, 3.05) is 24.5 Å². The molecule has 4 aromatic rings. The number of benzene rings is 2. The van der Waals surface area contributed by atoms with Gasteiger partial charge < -0.3 is 9.80 Å². The van der Waals surface area contributed by atoms with E-state index in [9.17, 15) is 4.79 Å². The van der Waals surface area contributed by atoms with Gasteiger partial charge in [-0.1, -0.05) is 30.3 Å². The van der Waals surface area contributed by atoms with Crippen molar-refractivity contribution in [1.82, 2.24) is 24.5 Å². The first-order chi connectivity index (χ1) is 15.6. The zero-order valence-electron chi connectivity index (χ0n) is 18.4. The molecule has 1 saturated heterocycles. The van der Waals surface area contributed by atoms with E-state index in [1.807, 2.05) is 54.3 Å². The van der Waals surface area contributed by atoms with Crippen molar-refractivity contribution in [3.8, 4) is 0 Å². The summed E-state index contributed by atoms with van der Waals surface area (Å²) in [4.78, 5) is 22.6. The minimum absolute atomic E-state index is 0.0695. The Morgan fingerprint density at radius 1 is 1.00 bits per heavy atom. The summed E-state index contributed by atoms with van der Waals surface area (Å²) in [7, 11) is 0. The first-order valence-corrected chi connectivity index (χ1v) is 11.4. The van der Waals surface area contributed by atoms with E-state index in [4.69, 9.17) is 4.98 Å². The minimum Gasteiger partial charge on any atom is -0.338 e. The number of piperazine rings is 1. The number of para-hydroxylation sites is 1. The van der Waals surface area contributed by atoms with Crippen LogP contribution in [0.3, 0.4) is 0 Å². The highest BCUT2D eigenvalue weighted by molar-refractivity contribution is 5.96. The van der Waals surface area contributed by atoms with Crippen LogP contribution in [0.25, 0.3) is 16.6 Å². The van der Waals surface area contributed by atoms with Gasteiger partial charge in [0.15, 0.2) is 5.65 Å². The number of carbonyl (C=O) groups is 1. The maximum atomic E-state index is 13.2. The fourth-order valence-corrected chi connectivity index (χ4v) is 4.81. The van der Waals surface area contributed by atoms with Crippen LogP contribution in [0, 0.1) is 6.92 Å². The van der Waals surface area contributed by atoms with Crippen molar-refractivity contribution in [3.63, 3.8) is 0 Å². The molecule has 1 atom stereocenters. The first-order valence-electron chi connectivity index (χ1n) is 11.4. The highest BCUT2D eigenvalue weighted by atomic mass is 16.2. The molecule has 1 amide bonds. The zero-order valence-corrected chi connectivity index (χ0v) is 18.4. The Morgan fingerprint density at radius 3 is 2.56 bits per heavy atom. The predicted molar refractivity (Wildman–Crippen MR) is 124 cm³/mol. The van der Waals surface area contributed by atoms with Crippen molar-refractivity contribution in [1.29, 1.82) is 0 Å². The van der Waals surface area contributed by atoms with Gasteiger partial charge in [0.05, 0.1) is 5.52 Å². The number of anilines is 1. The van der Waals surface area contributed by atoms with Gasteiger partial charge in [-0.2, -0.15) is 0 Å². The minimum atomic E-state index is 0.0695. The molecule has 162 valence electrons. The third kappa shape index (κ3) is 3.03. The van der Waals surface area contributed by atoms with E-state index in [2.05, 4.69) is 32.5 Å². The molecule has 0 bridgehead atoms. The van der Waals surface area contributed by atoms with Crippen LogP contribution in [0.15, 0.2) is 48.5 Å². The Balaban J connectivity index is 1.37. The van der Waals surface area contributed by atoms with Crippen LogP contribution in [0.4, 0.5) is 5.95 Å². The largest absolute Gasteiger partial charge is 0.338 e. The lowest BCUT2D eigenvalue weighted by molar-refractivity contribution is 0.0672. The number of hydrogen-bond acceptors (Lipinski definition) is 5. The molecule has 3 heterocycles. The lowest BCUT2D eigenvalue weighted by atomic mass is 10.1. The molecule has 0 N–H and O–H groups in total. The maximum absolute atomic E-state index is 13.2. The smallest absolute Gasteiger partial charge is 0.254 e. The lowest BCUT2D eigenvalue weighted by Gasteiger charge is -2.40. The summed E-state index contributed by atoms with van der Waals surface area (Å²) >= 11 is 0. The summed E-state index contributed by atoms with van der Waals surface area (Å²) in [6.45, 7) is 6.22. The van der Waals surface area contributed by atoms with Crippen LogP contribution in [0.2, 0.25) is 0 Å². The summed E-state index contributed by atoms with van der Waals surface area (Å²) in [5.74, 6) is 2.47. The number of hydrogen-bond donors (Lipinski definition) is 0. The van der Waals surface area contributed by atoms with Crippen LogP contribution < -0.4 is 4.90 Å². The molecule has 0 unspecified atom stereocenters. The number of nitrogens with zero attached hydrogens (tertiary/aromatic N) is 6. The molecule has 1 aliphatic heterocycles. The lowest BCUT2D eigenvalue weighted by Crippen LogP contribution is -2.54. The second-order valence-corrected chi connectivity index (χ2v) is 9.03. The molecule has 0 spiro atoms. The van der Waals surface area contributed by atoms with E-state index in [1.54, 1.807) is 0 Å². The highest BCUT2D eigenvalue weighted by Crippen LogP contribution is 2.40. The van der Waals surface area contributed by atoms with Gasteiger partial charge in [-0.05, 0) is 50.5 Å². The summed E-state index contributed by atoms with van der Waals surface area (Å²) in [5.41, 5.74) is 3.60. The summed E-state index contributed by atoms with van der Waals surface area (Å²) in [5, 5.41) is 10.1. The third-order valence-corrected chi connectivity index (χ3v) is 6.74. The molecular formula is C25H26N6O. The van der Waals surface area contributed by atoms with E-state index >= 15 is 0 Å². The van der Waals surface area contributed by atoms with Crippen LogP contribution in [-0.2, 0) is 0 Å². The van der Waals surface area contributed by atoms with Gasteiger partial charge >= 0.3 is 0 Å². The van der Waals surface area contributed by atoms with E-state index in [0.717, 1.165) is 65.4 Å². The highest BCUT2D eigenvalue weighted by Gasteiger charge is 2.34. The van der Waals surface area contributed by atoms with Crippen LogP contribution in [0.5, 0.6) is 0 Å². The van der Waals surface area contributed by atoms with Crippen molar-refractivity contribution < 1.29 is 4.79 Å². The van der Waals surface area contributed by atoms with Gasteiger partial charge in [0, 0.05) is 42.5 Å². The van der Waals surface area contributed by atoms with Gasteiger partial charge in [0.1, 0.15) is 5.82 Å². The van der Waals surface area contributed by atoms with E-state index < -0.39 is 0 Å². The maximum Gasteiger partial charge on any atom is 0.254 e. The summed E-state index contributed by atoms with van der Waals surface area (Å²) in [6, 6.07) is 16.0. The molecule has 2 aromatic carbocycles. The number of rotatable bonds is 3. The van der Waals surface area contributed by atoms with Gasteiger partial charge in [0.25, 0.3) is 5.91 Å². The third-order valence-electron chi connectivity index (χ3n) is 6.74. The summed E-state index contributed by atoms with van der Waals surface area (Å²) in [6.07, 6.45) is 2.31. The van der Waals surface area contributed by atoms with Crippen molar-refractivity contribution in [2.24, 2.45) is 0 Å². The quantitative estimate of drug-likeness (QED) is 0.498. The second kappa shape index (κ2) is 7.29. The molecule has 7 heteroatoms. The average Bonchev–Trinajstić information content (AvgIpc) is 3.56. The predicted octanol–water partition coefficient (Wildman–Crippen LogP) is 3.81. The average molecular weight is 427 g/mol. The molecule has 1 saturated carbocycles. The molecule has 2 fully saturated rings. The Bertz CT molecular complexity index is 1340. The molecule has 32 heavy (non-hydrogen) atoms. The first kappa shape index (κ1) is 19.2. The SMILES string of the molecule is Cc1ccccc1C(=O)N1CCN(c2nc3ccccc3c3nnc(C4CC4)n23)C[C@@H]1C. The molecule has 7 nitrogen and oxygen atoms in total. The standard InChI is InChI=1S/C25H26N6O/c1-16-7-3-4-8-19(16)24(32)30-14-13-29(15-17(30)2)25-26-21-10-6-5-9-20(21)23-28-27-22(31(23)25)18-11-12-18/h3-10,17-18H,11-15H2,1-2H3/t17-/m0/s1. The number of carbonyl (C=O) groups excluding carboxylic acids is 1. The normalized spacial score (nSPS) is 19.1. The fourth-order valence-electron chi connectivity index (χ4n) is 4.81. The summed E-state index contributed by atoms with van der Waals surface area (Å²) < 4.78 is 2.16. The van der Waals surface area contributed by atoms with Crippen LogP contribution in [0.1, 0.15) is 47.4 Å². The Labute approximate surface area is 186 Å². The van der Waals surface area contributed by atoms with Gasteiger partial charge in [-0.3, -0.25) is 4.79 Å². The van der Waals surface area contributed by atoms with Gasteiger partial charge in [0.2, 0.25) is 5.95 Å². The van der Waals surface area contributed by atoms with E-state index in [0.29, 0.717) is 12.5 Å². The molecule has 1 aliphatic carbocycles. The topological polar surface area (TPSA) is 66.6 Å². The van der Waals surface area contributed by atoms with Crippen LogP contribution in [-0.4, -0.2) is 56.1 Å². The zero-order chi connectivity index (χ0) is 21.8. The van der Waals surface area contributed by atoms with E-state index in [1.165, 1.54) is 0 Å². The molecular weight excluding hydrogens is 400 g/mol. The Morgan fingerprint density at radius 2 is 1.78 bits per heavy atom. The number of fused-ring (bicyclic) bond motifs is 3. The number of aromatic nitrogens is 4. The van der Waals surface area contributed by atoms with Gasteiger partial charge in [-0.15, -0.1) is 10.2 Å². The van der Waals surface area contributed by atoms with Crippen LogP contribution >= 0.6 is 0 Å². The van der Waals surface area contributed by atoms with Crippen molar-refractivity contribution in [3.05, 3.63) is 65.5 Å². The molecule has 6 rings (SSSR count). The van der Waals surface area contributed by atoms with Crippen molar-refractivity contribution in [2.45, 2.75) is 38.6 Å². The Hall–Kier alpha value is -3.48. The fraction of sp³-hybridized carbons (Fsp3) is 0.360. The monoisotopic (exact) mass is 426 g/mol. The Kier molecular flexibility index (Phi) is 4.38. The van der Waals surface area contributed by atoms with Gasteiger partial charge in [-0.25, -0.2) is 9.38 Å². The number of amides is 1.